The zero-order valence-corrected chi connectivity index (χ0v) is 15.8. The number of hydrogen-bond acceptors (Lipinski definition) is 10. The fraction of sp³-hybridized carbons (Fsp3) is 0.818. The Kier molecular flexibility index (Phi) is 11.7. The number of rotatable bonds is 13. The Balaban J connectivity index is 4.15. The van der Waals surface area contributed by atoms with E-state index in [9.17, 15) is 9.59 Å². The second-order valence-electron chi connectivity index (χ2n) is 5.30. The summed E-state index contributed by atoms with van der Waals surface area (Å²) in [5.41, 5.74) is 0. The molecule has 148 valence electrons. The molecule has 0 aromatic heterocycles. The standard InChI is InChI=1S/C11H26N4O8P2/c1-2-12-4-3-10(16)13-5-6-14-11(17)7-15(8-24(18,19)20)9-25(21,22)23/h12,18-23H,2-9H2,1H3/p+2. The van der Waals surface area contributed by atoms with E-state index in [2.05, 4.69) is 16.0 Å². The molecule has 25 heavy (non-hydrogen) atoms. The predicted octanol–water partition coefficient (Wildman–Crippen LogP) is -3.09. The monoisotopic (exact) mass is 406 g/mol. The van der Waals surface area contributed by atoms with Crippen molar-refractivity contribution in [3.8, 4) is 0 Å². The van der Waals surface area contributed by atoms with E-state index in [4.69, 9.17) is 29.4 Å². The summed E-state index contributed by atoms with van der Waals surface area (Å²) in [6, 6.07) is 0. The summed E-state index contributed by atoms with van der Waals surface area (Å²) in [7, 11) is -8.61. The molecular weight excluding hydrogens is 378 g/mol. The minimum atomic E-state index is -4.31. The second-order valence-corrected chi connectivity index (χ2v) is 8.64. The largest absolute Gasteiger partial charge is 0.419 e. The number of amides is 2. The van der Waals surface area contributed by atoms with Gasteiger partial charge in [-0.15, -0.1) is 0 Å². The van der Waals surface area contributed by atoms with Crippen molar-refractivity contribution in [2.24, 2.45) is 0 Å². The fourth-order valence-electron chi connectivity index (χ4n) is 1.81. The van der Waals surface area contributed by atoms with Crippen molar-refractivity contribution in [3.63, 3.8) is 0 Å². The lowest BCUT2D eigenvalue weighted by Crippen LogP contribution is -2.42. The van der Waals surface area contributed by atoms with Gasteiger partial charge < -0.3 is 16.0 Å². The summed E-state index contributed by atoms with van der Waals surface area (Å²) >= 11 is 0. The van der Waals surface area contributed by atoms with Crippen LogP contribution in [0, 0.1) is 0 Å². The van der Waals surface area contributed by atoms with Crippen LogP contribution in [0.15, 0.2) is 0 Å². The van der Waals surface area contributed by atoms with Gasteiger partial charge in [-0.05, 0) is 6.54 Å². The van der Waals surface area contributed by atoms with E-state index in [1.165, 1.54) is 0 Å². The second kappa shape index (κ2) is 12.0. The molecular formula is C11H28N4O8P2+2. The fourth-order valence-corrected chi connectivity index (χ4v) is 3.44. The highest BCUT2D eigenvalue weighted by Crippen LogP contribution is 2.49. The maximum absolute atomic E-state index is 11.7. The van der Waals surface area contributed by atoms with Crippen molar-refractivity contribution < 1.29 is 38.9 Å². The smallest absolute Gasteiger partial charge is 0.354 e. The van der Waals surface area contributed by atoms with Crippen LogP contribution < -0.4 is 16.0 Å². The minimum Gasteiger partial charge on any atom is -0.354 e. The third kappa shape index (κ3) is 16.7. The average molecular weight is 406 g/mol. The molecule has 9 N–H and O–H groups in total. The highest BCUT2D eigenvalue weighted by molar-refractivity contribution is 7.59. The van der Waals surface area contributed by atoms with E-state index in [0.717, 1.165) is 11.4 Å². The Morgan fingerprint density at radius 2 is 1.32 bits per heavy atom. The Morgan fingerprint density at radius 3 is 1.76 bits per heavy atom. The number of carbonyl (C=O) groups is 2. The van der Waals surface area contributed by atoms with Crippen LogP contribution in [0.3, 0.4) is 0 Å². The SMILES string of the molecule is CCNCCC(=O)NCCNC(=O)CN(C[P+](O)(O)O)C[P+](O)(O)O. The molecule has 12 nitrogen and oxygen atoms in total. The van der Waals surface area contributed by atoms with E-state index in [-0.39, 0.29) is 19.0 Å². The molecule has 0 aromatic carbocycles. The zero-order chi connectivity index (χ0) is 19.5. The van der Waals surface area contributed by atoms with Crippen molar-refractivity contribution >= 4 is 27.7 Å². The molecule has 0 aliphatic heterocycles. The van der Waals surface area contributed by atoms with Gasteiger partial charge in [0.15, 0.2) is 12.6 Å². The van der Waals surface area contributed by atoms with Crippen LogP contribution in [0.5, 0.6) is 0 Å². The Bertz CT molecular complexity index is 400. The molecule has 0 saturated carbocycles. The predicted molar refractivity (Wildman–Crippen MR) is 92.8 cm³/mol. The first kappa shape index (κ1) is 24.5. The molecule has 0 saturated heterocycles. The van der Waals surface area contributed by atoms with Gasteiger partial charge in [0, 0.05) is 26.1 Å². The summed E-state index contributed by atoms with van der Waals surface area (Å²) in [4.78, 5) is 78.1. The van der Waals surface area contributed by atoms with Crippen LogP contribution in [-0.2, 0) is 9.59 Å². The van der Waals surface area contributed by atoms with Gasteiger partial charge in [-0.1, -0.05) is 6.92 Å². The van der Waals surface area contributed by atoms with Gasteiger partial charge in [-0.25, -0.2) is 4.90 Å². The van der Waals surface area contributed by atoms with Crippen molar-refractivity contribution in [1.29, 1.82) is 0 Å². The molecule has 0 aromatic rings. The van der Waals surface area contributed by atoms with Crippen molar-refractivity contribution in [2.45, 2.75) is 13.3 Å². The zero-order valence-electron chi connectivity index (χ0n) is 14.0. The molecule has 2 amide bonds. The quantitative estimate of drug-likeness (QED) is 0.112. The first-order chi connectivity index (χ1) is 11.4. The minimum absolute atomic E-state index is 0.106. The van der Waals surface area contributed by atoms with Gasteiger partial charge in [-0.2, -0.15) is 29.4 Å². The number of hydrogen-bond donors (Lipinski definition) is 9. The molecule has 0 aliphatic carbocycles. The summed E-state index contributed by atoms with van der Waals surface area (Å²) < 4.78 is 0. The van der Waals surface area contributed by atoms with E-state index in [0.29, 0.717) is 13.0 Å². The van der Waals surface area contributed by atoms with E-state index < -0.39 is 40.9 Å². The van der Waals surface area contributed by atoms with Crippen LogP contribution in [0.4, 0.5) is 0 Å². The Hall–Kier alpha value is -0.520. The molecule has 0 radical (unpaired) electrons. The number of nitrogens with zero attached hydrogens (tertiary/aromatic N) is 1. The van der Waals surface area contributed by atoms with E-state index >= 15 is 0 Å². The topological polar surface area (TPSA) is 195 Å². The van der Waals surface area contributed by atoms with Gasteiger partial charge >= 0.3 is 15.9 Å². The van der Waals surface area contributed by atoms with Gasteiger partial charge in [0.25, 0.3) is 0 Å². The molecule has 0 atom stereocenters. The van der Waals surface area contributed by atoms with Gasteiger partial charge in [-0.3, -0.25) is 9.59 Å². The first-order valence-corrected chi connectivity index (χ1v) is 11.2. The molecule has 0 bridgehead atoms. The maximum Gasteiger partial charge on any atom is 0.419 e. The van der Waals surface area contributed by atoms with Crippen LogP contribution >= 0.6 is 15.9 Å². The molecule has 0 fully saturated rings. The van der Waals surface area contributed by atoms with E-state index in [1.807, 2.05) is 6.92 Å². The molecule has 0 heterocycles. The van der Waals surface area contributed by atoms with Crippen LogP contribution in [0.1, 0.15) is 13.3 Å². The van der Waals surface area contributed by atoms with Gasteiger partial charge in [0.05, 0.1) is 6.54 Å². The Labute approximate surface area is 147 Å². The summed E-state index contributed by atoms with van der Waals surface area (Å²) in [6.45, 7) is 3.01. The van der Waals surface area contributed by atoms with Crippen LogP contribution in [0.25, 0.3) is 0 Å². The van der Waals surface area contributed by atoms with Crippen molar-refractivity contribution in [2.75, 3.05) is 45.3 Å². The lowest BCUT2D eigenvalue weighted by atomic mass is 10.4. The summed E-state index contributed by atoms with van der Waals surface area (Å²) in [5, 5.41) is 8.01. The highest BCUT2D eigenvalue weighted by atomic mass is 31.2. The molecule has 0 aliphatic rings. The summed E-state index contributed by atoms with van der Waals surface area (Å²) in [5.74, 6) is -0.800. The maximum atomic E-state index is 11.7. The third-order valence-corrected chi connectivity index (χ3v) is 4.25. The van der Waals surface area contributed by atoms with E-state index in [1.54, 1.807) is 0 Å². The third-order valence-electron chi connectivity index (χ3n) is 2.69. The van der Waals surface area contributed by atoms with Crippen LogP contribution in [-0.4, -0.2) is 91.4 Å². The number of carbonyl (C=O) groups excluding carboxylic acids is 2. The molecule has 14 heteroatoms. The van der Waals surface area contributed by atoms with Gasteiger partial charge in [0.2, 0.25) is 11.8 Å². The lowest BCUT2D eigenvalue weighted by molar-refractivity contribution is -0.123. The highest BCUT2D eigenvalue weighted by Gasteiger charge is 2.41. The number of nitrogens with one attached hydrogen (secondary N) is 3. The average Bonchev–Trinajstić information content (AvgIpc) is 2.40. The normalized spacial score (nSPS) is 12.3. The molecule has 0 unspecified atom stereocenters. The Morgan fingerprint density at radius 1 is 0.840 bits per heavy atom. The lowest BCUT2D eigenvalue weighted by Gasteiger charge is -2.20. The summed E-state index contributed by atoms with van der Waals surface area (Å²) in [6.07, 6.45) is -1.30. The molecule has 0 rings (SSSR count). The first-order valence-electron chi connectivity index (χ1n) is 7.52. The van der Waals surface area contributed by atoms with Gasteiger partial charge in [0.1, 0.15) is 0 Å². The van der Waals surface area contributed by atoms with Crippen molar-refractivity contribution in [3.05, 3.63) is 0 Å². The van der Waals surface area contributed by atoms with Crippen LogP contribution in [0.2, 0.25) is 0 Å². The molecule has 0 spiro atoms. The van der Waals surface area contributed by atoms with Crippen molar-refractivity contribution in [1.82, 2.24) is 20.9 Å².